The van der Waals surface area contributed by atoms with Crippen molar-refractivity contribution >= 4 is 34.6 Å². The molecule has 0 bridgehead atoms. The summed E-state index contributed by atoms with van der Waals surface area (Å²) in [4.78, 5) is 20.6. The third-order valence-corrected chi connectivity index (χ3v) is 6.47. The molecule has 1 aliphatic heterocycles. The second-order valence-electron chi connectivity index (χ2n) is 7.60. The Morgan fingerprint density at radius 3 is 2.29 bits per heavy atom. The first-order valence-corrected chi connectivity index (χ1v) is 11.6. The highest BCUT2D eigenvalue weighted by Crippen LogP contribution is 2.38. The van der Waals surface area contributed by atoms with Gasteiger partial charge in [-0.1, -0.05) is 30.3 Å². The highest BCUT2D eigenvalue weighted by Gasteiger charge is 2.34. The summed E-state index contributed by atoms with van der Waals surface area (Å²) in [5.74, 6) is 2.07. The number of para-hydroxylation sites is 1. The van der Waals surface area contributed by atoms with Crippen molar-refractivity contribution in [2.24, 2.45) is 4.99 Å². The number of amidine groups is 1. The van der Waals surface area contributed by atoms with Crippen LogP contribution in [0.4, 0.5) is 5.69 Å². The van der Waals surface area contributed by atoms with Crippen molar-refractivity contribution in [1.29, 1.82) is 0 Å². The fourth-order valence-corrected chi connectivity index (χ4v) is 4.69. The number of methoxy groups -OCH3 is 3. The lowest BCUT2D eigenvalue weighted by atomic mass is 10.1. The molecular formula is C27H26N2O4S. The van der Waals surface area contributed by atoms with Crippen LogP contribution in [0.2, 0.25) is 0 Å². The summed E-state index contributed by atoms with van der Waals surface area (Å²) in [6.07, 6.45) is 1.85. The van der Waals surface area contributed by atoms with E-state index in [1.807, 2.05) is 79.7 Å². The molecule has 1 aliphatic rings. The molecular weight excluding hydrogens is 448 g/mol. The lowest BCUT2D eigenvalue weighted by Gasteiger charge is -2.16. The summed E-state index contributed by atoms with van der Waals surface area (Å²) in [6, 6.07) is 21.1. The van der Waals surface area contributed by atoms with Gasteiger partial charge < -0.3 is 14.2 Å². The molecule has 0 unspecified atom stereocenters. The zero-order chi connectivity index (χ0) is 24.1. The minimum Gasteiger partial charge on any atom is -0.497 e. The standard InChI is InChI=1S/C27H26N2O4S/c1-18-23(32-3)15-12-20(25(18)33-4)16-24-26(30)29(17-19-10-13-22(31-2)14-11-19)27(34-24)28-21-8-6-5-7-9-21/h5-16H,17H2,1-4H3/b24-16+,28-27?. The van der Waals surface area contributed by atoms with E-state index in [-0.39, 0.29) is 5.91 Å². The summed E-state index contributed by atoms with van der Waals surface area (Å²) in [5, 5.41) is 0.627. The third-order valence-electron chi connectivity index (χ3n) is 5.47. The Morgan fingerprint density at radius 2 is 1.65 bits per heavy atom. The largest absolute Gasteiger partial charge is 0.497 e. The molecule has 0 saturated carbocycles. The van der Waals surface area contributed by atoms with Crippen LogP contribution < -0.4 is 14.2 Å². The fourth-order valence-electron chi connectivity index (χ4n) is 3.70. The van der Waals surface area contributed by atoms with E-state index in [2.05, 4.69) is 0 Å². The van der Waals surface area contributed by atoms with Crippen molar-refractivity contribution in [3.05, 3.63) is 88.3 Å². The zero-order valence-electron chi connectivity index (χ0n) is 19.6. The van der Waals surface area contributed by atoms with Crippen LogP contribution in [-0.2, 0) is 11.3 Å². The van der Waals surface area contributed by atoms with Crippen LogP contribution in [0.15, 0.2) is 76.6 Å². The van der Waals surface area contributed by atoms with Gasteiger partial charge in [0.1, 0.15) is 17.2 Å². The smallest absolute Gasteiger partial charge is 0.267 e. The molecule has 0 aliphatic carbocycles. The quantitative estimate of drug-likeness (QED) is 0.404. The molecule has 0 spiro atoms. The van der Waals surface area contributed by atoms with Crippen LogP contribution in [0, 0.1) is 6.92 Å². The minimum atomic E-state index is -0.106. The molecule has 1 saturated heterocycles. The molecule has 6 nitrogen and oxygen atoms in total. The summed E-state index contributed by atoms with van der Waals surface area (Å²) in [7, 11) is 4.87. The summed E-state index contributed by atoms with van der Waals surface area (Å²) in [6.45, 7) is 2.33. The number of rotatable bonds is 7. The maximum absolute atomic E-state index is 13.5. The van der Waals surface area contributed by atoms with E-state index in [4.69, 9.17) is 19.2 Å². The number of carbonyl (C=O) groups excluding carboxylic acids is 1. The van der Waals surface area contributed by atoms with Gasteiger partial charge in [0.25, 0.3) is 5.91 Å². The number of hydrogen-bond acceptors (Lipinski definition) is 6. The lowest BCUT2D eigenvalue weighted by Crippen LogP contribution is -2.28. The molecule has 34 heavy (non-hydrogen) atoms. The van der Waals surface area contributed by atoms with Gasteiger partial charge in [0.15, 0.2) is 5.17 Å². The maximum atomic E-state index is 13.5. The predicted octanol–water partition coefficient (Wildman–Crippen LogP) is 5.83. The number of thioether (sulfide) groups is 1. The molecule has 0 radical (unpaired) electrons. The van der Waals surface area contributed by atoms with E-state index in [0.717, 1.165) is 33.9 Å². The van der Waals surface area contributed by atoms with Gasteiger partial charge in [0, 0.05) is 11.1 Å². The van der Waals surface area contributed by atoms with Crippen LogP contribution in [0.3, 0.4) is 0 Å². The minimum absolute atomic E-state index is 0.106. The fraction of sp³-hybridized carbons (Fsp3) is 0.185. The molecule has 1 heterocycles. The molecule has 1 fully saturated rings. The van der Waals surface area contributed by atoms with Crippen LogP contribution >= 0.6 is 11.8 Å². The van der Waals surface area contributed by atoms with Crippen LogP contribution in [0.5, 0.6) is 17.2 Å². The van der Waals surface area contributed by atoms with Crippen molar-refractivity contribution in [2.75, 3.05) is 21.3 Å². The van der Waals surface area contributed by atoms with E-state index < -0.39 is 0 Å². The number of carbonyl (C=O) groups is 1. The number of aliphatic imine (C=N–C) groups is 1. The molecule has 3 aromatic carbocycles. The highest BCUT2D eigenvalue weighted by atomic mass is 32.2. The molecule has 0 N–H and O–H groups in total. The van der Waals surface area contributed by atoms with Gasteiger partial charge >= 0.3 is 0 Å². The van der Waals surface area contributed by atoms with Crippen LogP contribution in [-0.4, -0.2) is 37.3 Å². The monoisotopic (exact) mass is 474 g/mol. The van der Waals surface area contributed by atoms with Crippen molar-refractivity contribution in [2.45, 2.75) is 13.5 Å². The Morgan fingerprint density at radius 1 is 0.912 bits per heavy atom. The second-order valence-corrected chi connectivity index (χ2v) is 8.60. The Hall–Kier alpha value is -3.71. The van der Waals surface area contributed by atoms with Gasteiger partial charge in [-0.05, 0) is 66.7 Å². The number of benzene rings is 3. The van der Waals surface area contributed by atoms with Gasteiger partial charge in [0.05, 0.1) is 38.5 Å². The van der Waals surface area contributed by atoms with Gasteiger partial charge in [-0.25, -0.2) is 4.99 Å². The Bertz CT molecular complexity index is 1240. The predicted molar refractivity (Wildman–Crippen MR) is 137 cm³/mol. The first-order valence-electron chi connectivity index (χ1n) is 10.7. The topological polar surface area (TPSA) is 60.4 Å². The van der Waals surface area contributed by atoms with E-state index >= 15 is 0 Å². The first kappa shape index (κ1) is 23.4. The van der Waals surface area contributed by atoms with Crippen molar-refractivity contribution in [3.63, 3.8) is 0 Å². The molecule has 3 aromatic rings. The second kappa shape index (κ2) is 10.5. The molecule has 1 amide bonds. The van der Waals surface area contributed by atoms with E-state index in [1.165, 1.54) is 11.8 Å². The SMILES string of the molecule is COc1ccc(CN2C(=O)/C(=C\c3ccc(OC)c(C)c3OC)SC2=Nc2ccccc2)cc1. The maximum Gasteiger partial charge on any atom is 0.267 e. The summed E-state index contributed by atoms with van der Waals surface area (Å²) >= 11 is 1.35. The summed E-state index contributed by atoms with van der Waals surface area (Å²) < 4.78 is 16.3. The first-order chi connectivity index (χ1) is 16.5. The molecule has 4 rings (SSSR count). The highest BCUT2D eigenvalue weighted by molar-refractivity contribution is 8.18. The Balaban J connectivity index is 1.72. The number of nitrogens with zero attached hydrogens (tertiary/aromatic N) is 2. The molecule has 7 heteroatoms. The van der Waals surface area contributed by atoms with Gasteiger partial charge in [-0.15, -0.1) is 0 Å². The van der Waals surface area contributed by atoms with Gasteiger partial charge in [0.2, 0.25) is 0 Å². The van der Waals surface area contributed by atoms with E-state index in [9.17, 15) is 4.79 Å². The Kier molecular flexibility index (Phi) is 7.23. The van der Waals surface area contributed by atoms with Gasteiger partial charge in [-0.3, -0.25) is 9.69 Å². The summed E-state index contributed by atoms with van der Waals surface area (Å²) in [5.41, 5.74) is 3.45. The van der Waals surface area contributed by atoms with E-state index in [0.29, 0.717) is 22.4 Å². The number of amides is 1. The van der Waals surface area contributed by atoms with Crippen molar-refractivity contribution in [3.8, 4) is 17.2 Å². The van der Waals surface area contributed by atoms with E-state index in [1.54, 1.807) is 26.2 Å². The van der Waals surface area contributed by atoms with Gasteiger partial charge in [-0.2, -0.15) is 0 Å². The average molecular weight is 475 g/mol. The van der Waals surface area contributed by atoms with Crippen LogP contribution in [0.1, 0.15) is 16.7 Å². The molecule has 0 atom stereocenters. The molecule has 174 valence electrons. The van der Waals surface area contributed by atoms with Crippen LogP contribution in [0.25, 0.3) is 6.08 Å². The third kappa shape index (κ3) is 4.94. The van der Waals surface area contributed by atoms with Crippen molar-refractivity contribution in [1.82, 2.24) is 4.90 Å². The molecule has 0 aromatic heterocycles. The van der Waals surface area contributed by atoms with Crippen molar-refractivity contribution < 1.29 is 19.0 Å². The Labute approximate surface area is 203 Å². The average Bonchev–Trinajstić information content (AvgIpc) is 3.14. The number of ether oxygens (including phenoxy) is 3. The lowest BCUT2D eigenvalue weighted by molar-refractivity contribution is -0.122. The zero-order valence-corrected chi connectivity index (χ0v) is 20.4. The number of hydrogen-bond donors (Lipinski definition) is 0. The normalized spacial score (nSPS) is 15.8.